The minimum atomic E-state index is -0.0530. The zero-order chi connectivity index (χ0) is 18.9. The summed E-state index contributed by atoms with van der Waals surface area (Å²) in [6, 6.07) is 7.85. The molecular weight excluding hydrogens is 350 g/mol. The second-order valence-corrected chi connectivity index (χ2v) is 6.79. The summed E-state index contributed by atoms with van der Waals surface area (Å²) in [6.45, 7) is 6.64. The molecule has 2 rings (SSSR count). The molecule has 0 aliphatic heterocycles. The first-order valence-corrected chi connectivity index (χ1v) is 9.58. The third-order valence-electron chi connectivity index (χ3n) is 3.77. The van der Waals surface area contributed by atoms with Gasteiger partial charge in [0, 0.05) is 37.5 Å². The Kier molecular flexibility index (Phi) is 7.74. The number of amides is 2. The SMILES string of the molecule is CCOCCCC(=O)Nc1nc(-c2ccc(C(C)NC(C)=O)cc2)cs1. The Morgan fingerprint density at radius 3 is 2.65 bits per heavy atom. The number of hydrogen-bond donors (Lipinski definition) is 2. The predicted octanol–water partition coefficient (Wildman–Crippen LogP) is 3.76. The molecule has 2 amide bonds. The van der Waals surface area contributed by atoms with Crippen LogP contribution in [0, 0.1) is 0 Å². The molecule has 2 aromatic rings. The lowest BCUT2D eigenvalue weighted by atomic mass is 10.1. The number of rotatable bonds is 9. The van der Waals surface area contributed by atoms with Crippen LogP contribution in [0.15, 0.2) is 29.6 Å². The summed E-state index contributed by atoms with van der Waals surface area (Å²) in [7, 11) is 0. The number of benzene rings is 1. The van der Waals surface area contributed by atoms with Gasteiger partial charge in [-0.25, -0.2) is 4.98 Å². The third kappa shape index (κ3) is 6.24. The molecule has 0 radical (unpaired) electrons. The minimum absolute atomic E-state index is 0.0384. The molecule has 0 aliphatic rings. The molecule has 0 aliphatic carbocycles. The van der Waals surface area contributed by atoms with Crippen LogP contribution in [0.5, 0.6) is 0 Å². The van der Waals surface area contributed by atoms with E-state index in [1.807, 2.05) is 43.5 Å². The van der Waals surface area contributed by atoms with Crippen molar-refractivity contribution in [2.24, 2.45) is 0 Å². The van der Waals surface area contributed by atoms with Crippen molar-refractivity contribution in [3.8, 4) is 11.3 Å². The summed E-state index contributed by atoms with van der Waals surface area (Å²) in [5, 5.41) is 8.20. The van der Waals surface area contributed by atoms with E-state index in [0.717, 1.165) is 16.8 Å². The highest BCUT2D eigenvalue weighted by Gasteiger charge is 2.10. The number of hydrogen-bond acceptors (Lipinski definition) is 5. The molecule has 6 nitrogen and oxygen atoms in total. The molecule has 1 unspecified atom stereocenters. The molecule has 7 heteroatoms. The lowest BCUT2D eigenvalue weighted by Gasteiger charge is -2.13. The maximum absolute atomic E-state index is 11.9. The van der Waals surface area contributed by atoms with Crippen molar-refractivity contribution in [3.63, 3.8) is 0 Å². The van der Waals surface area contributed by atoms with E-state index in [1.54, 1.807) is 0 Å². The first kappa shape index (κ1) is 20.1. The zero-order valence-electron chi connectivity index (χ0n) is 15.4. The van der Waals surface area contributed by atoms with Crippen LogP contribution in [0.2, 0.25) is 0 Å². The van der Waals surface area contributed by atoms with Crippen LogP contribution in [0.4, 0.5) is 5.13 Å². The van der Waals surface area contributed by atoms with Crippen LogP contribution in [-0.2, 0) is 14.3 Å². The Labute approximate surface area is 158 Å². The normalized spacial score (nSPS) is 11.8. The van der Waals surface area contributed by atoms with E-state index in [-0.39, 0.29) is 17.9 Å². The molecule has 0 fully saturated rings. The van der Waals surface area contributed by atoms with Crippen molar-refractivity contribution in [1.82, 2.24) is 10.3 Å². The van der Waals surface area contributed by atoms with Crippen molar-refractivity contribution in [2.75, 3.05) is 18.5 Å². The number of thiazole rings is 1. The Bertz CT molecular complexity index is 728. The molecule has 1 atom stereocenters. The standard InChI is InChI=1S/C19H25N3O3S/c1-4-25-11-5-6-18(24)22-19-21-17(12-26-19)16-9-7-15(8-10-16)13(2)20-14(3)23/h7-10,12-13H,4-6,11H2,1-3H3,(H,20,23)(H,21,22,24). The third-order valence-corrected chi connectivity index (χ3v) is 4.53. The largest absolute Gasteiger partial charge is 0.382 e. The summed E-state index contributed by atoms with van der Waals surface area (Å²) >= 11 is 1.40. The molecule has 0 saturated heterocycles. The van der Waals surface area contributed by atoms with Crippen LogP contribution in [0.3, 0.4) is 0 Å². The Morgan fingerprint density at radius 2 is 2.00 bits per heavy atom. The van der Waals surface area contributed by atoms with Gasteiger partial charge in [0.15, 0.2) is 5.13 Å². The predicted molar refractivity (Wildman–Crippen MR) is 104 cm³/mol. The molecule has 2 N–H and O–H groups in total. The highest BCUT2D eigenvalue weighted by molar-refractivity contribution is 7.14. The number of carbonyl (C=O) groups is 2. The maximum Gasteiger partial charge on any atom is 0.226 e. The van der Waals surface area contributed by atoms with Gasteiger partial charge in [-0.2, -0.15) is 0 Å². The highest BCUT2D eigenvalue weighted by atomic mass is 32.1. The van der Waals surface area contributed by atoms with Crippen LogP contribution in [-0.4, -0.2) is 30.0 Å². The van der Waals surface area contributed by atoms with Gasteiger partial charge < -0.3 is 15.4 Å². The number of nitrogens with one attached hydrogen (secondary N) is 2. The Balaban J connectivity index is 1.92. The van der Waals surface area contributed by atoms with Gasteiger partial charge in [-0.05, 0) is 25.8 Å². The molecule has 140 valence electrons. The molecule has 0 spiro atoms. The average molecular weight is 375 g/mol. The van der Waals surface area contributed by atoms with E-state index in [0.29, 0.717) is 31.2 Å². The van der Waals surface area contributed by atoms with Gasteiger partial charge in [0.05, 0.1) is 11.7 Å². The molecule has 1 aromatic carbocycles. The van der Waals surface area contributed by atoms with Gasteiger partial charge in [0.1, 0.15) is 0 Å². The summed E-state index contributed by atoms with van der Waals surface area (Å²) < 4.78 is 5.23. The lowest BCUT2D eigenvalue weighted by Crippen LogP contribution is -2.23. The molecule has 0 bridgehead atoms. The molecule has 1 aromatic heterocycles. The van der Waals surface area contributed by atoms with E-state index in [9.17, 15) is 9.59 Å². The van der Waals surface area contributed by atoms with Gasteiger partial charge >= 0.3 is 0 Å². The maximum atomic E-state index is 11.9. The smallest absolute Gasteiger partial charge is 0.226 e. The first-order valence-electron chi connectivity index (χ1n) is 8.70. The van der Waals surface area contributed by atoms with Gasteiger partial charge in [0.25, 0.3) is 0 Å². The highest BCUT2D eigenvalue weighted by Crippen LogP contribution is 2.26. The van der Waals surface area contributed by atoms with Crippen molar-refractivity contribution in [3.05, 3.63) is 35.2 Å². The van der Waals surface area contributed by atoms with Crippen molar-refractivity contribution in [1.29, 1.82) is 0 Å². The minimum Gasteiger partial charge on any atom is -0.382 e. The number of anilines is 1. The summed E-state index contributed by atoms with van der Waals surface area (Å²) in [5.41, 5.74) is 2.82. The van der Waals surface area contributed by atoms with Crippen LogP contribution < -0.4 is 10.6 Å². The molecular formula is C19H25N3O3S. The molecule has 1 heterocycles. The summed E-state index contributed by atoms with van der Waals surface area (Å²) in [4.78, 5) is 27.5. The van der Waals surface area contributed by atoms with Crippen LogP contribution in [0.1, 0.15) is 45.2 Å². The van der Waals surface area contributed by atoms with Gasteiger partial charge in [-0.15, -0.1) is 11.3 Å². The van der Waals surface area contributed by atoms with Crippen LogP contribution >= 0.6 is 11.3 Å². The van der Waals surface area contributed by atoms with E-state index >= 15 is 0 Å². The summed E-state index contributed by atoms with van der Waals surface area (Å²) in [5.74, 6) is -0.104. The van der Waals surface area contributed by atoms with Gasteiger partial charge in [-0.3, -0.25) is 9.59 Å². The van der Waals surface area contributed by atoms with E-state index in [4.69, 9.17) is 4.74 Å². The van der Waals surface area contributed by atoms with E-state index < -0.39 is 0 Å². The number of aromatic nitrogens is 1. The Morgan fingerprint density at radius 1 is 1.27 bits per heavy atom. The van der Waals surface area contributed by atoms with E-state index in [1.165, 1.54) is 18.3 Å². The monoisotopic (exact) mass is 375 g/mol. The fourth-order valence-electron chi connectivity index (χ4n) is 2.46. The Hall–Kier alpha value is -2.25. The fourth-order valence-corrected chi connectivity index (χ4v) is 3.19. The number of nitrogens with zero attached hydrogens (tertiary/aromatic N) is 1. The topological polar surface area (TPSA) is 80.3 Å². The number of carbonyl (C=O) groups excluding carboxylic acids is 2. The number of ether oxygens (including phenoxy) is 1. The van der Waals surface area contributed by atoms with Crippen LogP contribution in [0.25, 0.3) is 11.3 Å². The lowest BCUT2D eigenvalue weighted by molar-refractivity contribution is -0.119. The fraction of sp³-hybridized carbons (Fsp3) is 0.421. The molecule has 0 saturated carbocycles. The van der Waals surface area contributed by atoms with E-state index in [2.05, 4.69) is 15.6 Å². The summed E-state index contributed by atoms with van der Waals surface area (Å²) in [6.07, 6.45) is 1.12. The average Bonchev–Trinajstić information content (AvgIpc) is 3.06. The van der Waals surface area contributed by atoms with Crippen molar-refractivity contribution in [2.45, 2.75) is 39.7 Å². The van der Waals surface area contributed by atoms with Gasteiger partial charge in [-0.1, -0.05) is 24.3 Å². The van der Waals surface area contributed by atoms with Gasteiger partial charge in [0.2, 0.25) is 11.8 Å². The molecule has 26 heavy (non-hydrogen) atoms. The van der Waals surface area contributed by atoms with Crippen molar-refractivity contribution >= 4 is 28.3 Å². The van der Waals surface area contributed by atoms with Crippen molar-refractivity contribution < 1.29 is 14.3 Å². The second kappa shape index (κ2) is 10.0. The second-order valence-electron chi connectivity index (χ2n) is 5.93. The zero-order valence-corrected chi connectivity index (χ0v) is 16.2. The first-order chi connectivity index (χ1) is 12.5. The quantitative estimate of drug-likeness (QED) is 0.654.